The Labute approximate surface area is 135 Å². The minimum absolute atomic E-state index is 0.0340. The van der Waals surface area contributed by atoms with Crippen molar-refractivity contribution in [2.24, 2.45) is 0 Å². The van der Waals surface area contributed by atoms with E-state index in [4.69, 9.17) is 5.11 Å². The molecule has 0 spiro atoms. The smallest absolute Gasteiger partial charge is 0.313 e. The van der Waals surface area contributed by atoms with Gasteiger partial charge in [0.2, 0.25) is 0 Å². The van der Waals surface area contributed by atoms with Crippen molar-refractivity contribution >= 4 is 33.7 Å². The Bertz CT molecular complexity index is 658. The molecular weight excluding hydrogens is 354 g/mol. The van der Waals surface area contributed by atoms with E-state index in [9.17, 15) is 4.79 Å². The zero-order chi connectivity index (χ0) is 15.4. The number of hydrogen-bond acceptors (Lipinski definition) is 4. The summed E-state index contributed by atoms with van der Waals surface area (Å²) in [7, 11) is 0. The van der Waals surface area contributed by atoms with E-state index in [0.29, 0.717) is 5.16 Å². The van der Waals surface area contributed by atoms with Crippen LogP contribution < -0.4 is 0 Å². The molecular formula is C14H16BrN3O2S. The number of halogens is 1. The molecule has 5 nitrogen and oxygen atoms in total. The summed E-state index contributed by atoms with van der Waals surface area (Å²) in [5.74, 6) is -0.0576. The Kier molecular flexibility index (Phi) is 5.41. The fraction of sp³-hybridized carbons (Fsp3) is 0.357. The van der Waals surface area contributed by atoms with E-state index in [2.05, 4.69) is 33.1 Å². The second kappa shape index (κ2) is 7.09. The predicted molar refractivity (Wildman–Crippen MR) is 86.2 cm³/mol. The summed E-state index contributed by atoms with van der Waals surface area (Å²) in [6.07, 6.45) is 1.74. The molecule has 0 amide bonds. The van der Waals surface area contributed by atoms with Gasteiger partial charge in [-0.05, 0) is 47.0 Å². The third-order valence-corrected chi connectivity index (χ3v) is 4.39. The van der Waals surface area contributed by atoms with Gasteiger partial charge in [-0.1, -0.05) is 24.8 Å². The maximum absolute atomic E-state index is 10.8. The van der Waals surface area contributed by atoms with Crippen molar-refractivity contribution in [3.63, 3.8) is 0 Å². The molecule has 1 aromatic carbocycles. The van der Waals surface area contributed by atoms with Gasteiger partial charge in [0.25, 0.3) is 0 Å². The Morgan fingerprint density at radius 2 is 2.19 bits per heavy atom. The Morgan fingerprint density at radius 1 is 1.43 bits per heavy atom. The van der Waals surface area contributed by atoms with Crippen molar-refractivity contribution in [3.8, 4) is 5.69 Å². The second-order valence-corrected chi connectivity index (χ2v) is 6.42. The van der Waals surface area contributed by atoms with Crippen molar-refractivity contribution in [1.29, 1.82) is 0 Å². The third-order valence-electron chi connectivity index (χ3n) is 2.84. The highest BCUT2D eigenvalue weighted by Crippen LogP contribution is 2.28. The lowest BCUT2D eigenvalue weighted by Crippen LogP contribution is -2.05. The average Bonchev–Trinajstić information content (AvgIpc) is 2.80. The molecule has 0 atom stereocenters. The number of carbonyl (C=O) groups is 1. The van der Waals surface area contributed by atoms with Crippen molar-refractivity contribution in [2.45, 2.75) is 31.8 Å². The number of aromatic nitrogens is 3. The van der Waals surface area contributed by atoms with Gasteiger partial charge in [-0.3, -0.25) is 9.36 Å². The fourth-order valence-electron chi connectivity index (χ4n) is 1.94. The number of benzene rings is 1. The van der Waals surface area contributed by atoms with Crippen LogP contribution in [0.5, 0.6) is 0 Å². The van der Waals surface area contributed by atoms with E-state index in [1.807, 2.05) is 29.7 Å². The lowest BCUT2D eigenvalue weighted by atomic mass is 10.2. The summed E-state index contributed by atoms with van der Waals surface area (Å²) < 4.78 is 2.87. The molecule has 0 aliphatic carbocycles. The first-order valence-electron chi connectivity index (χ1n) is 6.58. The van der Waals surface area contributed by atoms with Gasteiger partial charge in [0.05, 0.1) is 11.4 Å². The predicted octanol–water partition coefficient (Wildman–Crippen LogP) is 3.47. The Hall–Kier alpha value is -1.34. The van der Waals surface area contributed by atoms with Crippen molar-refractivity contribution in [2.75, 3.05) is 5.75 Å². The molecule has 2 rings (SSSR count). The van der Waals surface area contributed by atoms with E-state index in [0.717, 1.165) is 34.4 Å². The van der Waals surface area contributed by atoms with Gasteiger partial charge in [0.15, 0.2) is 5.16 Å². The van der Waals surface area contributed by atoms with Gasteiger partial charge in [-0.25, -0.2) is 0 Å². The molecule has 1 heterocycles. The molecule has 0 bridgehead atoms. The normalized spacial score (nSPS) is 10.8. The number of carboxylic acids is 1. The van der Waals surface area contributed by atoms with E-state index in [1.54, 1.807) is 0 Å². The first-order chi connectivity index (χ1) is 10.0. The molecule has 0 aliphatic rings. The van der Waals surface area contributed by atoms with Crippen LogP contribution in [0.4, 0.5) is 0 Å². The minimum Gasteiger partial charge on any atom is -0.481 e. The van der Waals surface area contributed by atoms with Crippen LogP contribution in [0.2, 0.25) is 0 Å². The van der Waals surface area contributed by atoms with Crippen LogP contribution >= 0.6 is 27.7 Å². The molecule has 21 heavy (non-hydrogen) atoms. The summed E-state index contributed by atoms with van der Waals surface area (Å²) in [5.41, 5.74) is 2.08. The lowest BCUT2D eigenvalue weighted by molar-refractivity contribution is -0.133. The van der Waals surface area contributed by atoms with Gasteiger partial charge in [0, 0.05) is 10.9 Å². The summed E-state index contributed by atoms with van der Waals surface area (Å²) >= 11 is 4.74. The van der Waals surface area contributed by atoms with Crippen LogP contribution in [-0.2, 0) is 11.2 Å². The number of thioether (sulfide) groups is 1. The molecule has 0 radical (unpaired) electrons. The molecule has 0 saturated heterocycles. The van der Waals surface area contributed by atoms with Gasteiger partial charge in [-0.2, -0.15) is 0 Å². The van der Waals surface area contributed by atoms with Gasteiger partial charge < -0.3 is 5.11 Å². The highest BCUT2D eigenvalue weighted by Gasteiger charge is 2.16. The van der Waals surface area contributed by atoms with Crippen LogP contribution in [0.3, 0.4) is 0 Å². The quantitative estimate of drug-likeness (QED) is 0.789. The van der Waals surface area contributed by atoms with E-state index < -0.39 is 5.97 Å². The van der Waals surface area contributed by atoms with Crippen LogP contribution in [0.1, 0.15) is 24.7 Å². The van der Waals surface area contributed by atoms with Gasteiger partial charge in [-0.15, -0.1) is 10.2 Å². The Morgan fingerprint density at radius 3 is 2.81 bits per heavy atom. The number of aliphatic carboxylic acids is 1. The second-order valence-electron chi connectivity index (χ2n) is 4.62. The van der Waals surface area contributed by atoms with E-state index >= 15 is 0 Å². The third kappa shape index (κ3) is 3.85. The van der Waals surface area contributed by atoms with Crippen molar-refractivity contribution in [1.82, 2.24) is 14.8 Å². The summed E-state index contributed by atoms with van der Waals surface area (Å²) in [6.45, 7) is 4.10. The summed E-state index contributed by atoms with van der Waals surface area (Å²) in [5, 5.41) is 17.8. The number of hydrogen-bond donors (Lipinski definition) is 1. The topological polar surface area (TPSA) is 68.0 Å². The van der Waals surface area contributed by atoms with Gasteiger partial charge in [0.1, 0.15) is 5.82 Å². The number of carboxylic acid groups (broad SMARTS) is 1. The van der Waals surface area contributed by atoms with E-state index in [1.165, 1.54) is 11.8 Å². The zero-order valence-corrected chi connectivity index (χ0v) is 14.2. The standard InChI is InChI=1S/C14H16BrN3O2S/c1-3-4-12-16-17-14(21-8-13(19)20)18(12)11-6-5-9(2)7-10(11)15/h5-7H,3-4,8H2,1-2H3,(H,19,20). The molecule has 112 valence electrons. The maximum atomic E-state index is 10.8. The average molecular weight is 370 g/mol. The molecule has 1 N–H and O–H groups in total. The maximum Gasteiger partial charge on any atom is 0.313 e. The first kappa shape index (κ1) is 16.0. The number of nitrogens with zero attached hydrogens (tertiary/aromatic N) is 3. The largest absolute Gasteiger partial charge is 0.481 e. The minimum atomic E-state index is -0.866. The number of aryl methyl sites for hydroxylation is 2. The molecule has 0 unspecified atom stereocenters. The monoisotopic (exact) mass is 369 g/mol. The lowest BCUT2D eigenvalue weighted by Gasteiger charge is -2.12. The SMILES string of the molecule is CCCc1nnc(SCC(=O)O)n1-c1ccc(C)cc1Br. The van der Waals surface area contributed by atoms with Crippen molar-refractivity contribution in [3.05, 3.63) is 34.1 Å². The van der Waals surface area contributed by atoms with Crippen molar-refractivity contribution < 1.29 is 9.90 Å². The highest BCUT2D eigenvalue weighted by atomic mass is 79.9. The van der Waals surface area contributed by atoms with Crippen LogP contribution in [0, 0.1) is 6.92 Å². The molecule has 0 fully saturated rings. The van der Waals surface area contributed by atoms with Gasteiger partial charge >= 0.3 is 5.97 Å². The molecule has 0 saturated carbocycles. The Balaban J connectivity index is 2.47. The highest BCUT2D eigenvalue weighted by molar-refractivity contribution is 9.10. The molecule has 0 aliphatic heterocycles. The first-order valence-corrected chi connectivity index (χ1v) is 8.36. The molecule has 2 aromatic rings. The van der Waals surface area contributed by atoms with E-state index in [-0.39, 0.29) is 5.75 Å². The van der Waals surface area contributed by atoms with Crippen LogP contribution in [0.25, 0.3) is 5.69 Å². The fourth-order valence-corrected chi connectivity index (χ4v) is 3.30. The summed E-state index contributed by atoms with van der Waals surface area (Å²) in [4.78, 5) is 10.8. The summed E-state index contributed by atoms with van der Waals surface area (Å²) in [6, 6.07) is 6.03. The molecule has 7 heteroatoms. The zero-order valence-electron chi connectivity index (χ0n) is 11.8. The van der Waals surface area contributed by atoms with Crippen LogP contribution in [0.15, 0.2) is 27.8 Å². The van der Waals surface area contributed by atoms with Crippen LogP contribution in [-0.4, -0.2) is 31.6 Å². The number of rotatable bonds is 6. The molecule has 1 aromatic heterocycles.